The first-order valence-corrected chi connectivity index (χ1v) is 7.89. The molecule has 0 spiro atoms. The van der Waals surface area contributed by atoms with E-state index in [0.29, 0.717) is 18.7 Å². The van der Waals surface area contributed by atoms with Crippen LogP contribution < -0.4 is 11.1 Å². The predicted octanol–water partition coefficient (Wildman–Crippen LogP) is 2.52. The SMILES string of the molecule is CNCC(=Cc1cc(CN)ccc1F)B1OC(C)(C)C(C)(C)O1. The van der Waals surface area contributed by atoms with Crippen LogP contribution in [-0.4, -0.2) is 31.9 Å². The molecule has 126 valence electrons. The molecule has 1 aliphatic rings. The standard InChI is InChI=1S/C17H26BFN2O2/c1-16(2)17(3,4)23-18(22-16)14(11-21-5)9-13-8-12(10-20)6-7-15(13)19/h6-9,21H,10-11,20H2,1-5H3. The molecular formula is C17H26BFN2O2. The van der Waals surface area contributed by atoms with Crippen LogP contribution >= 0.6 is 0 Å². The summed E-state index contributed by atoms with van der Waals surface area (Å²) in [6, 6.07) is 4.89. The highest BCUT2D eigenvalue weighted by Gasteiger charge is 2.52. The number of nitrogens with one attached hydrogen (secondary N) is 1. The Morgan fingerprint density at radius 1 is 1.26 bits per heavy atom. The van der Waals surface area contributed by atoms with Crippen LogP contribution in [-0.2, 0) is 15.9 Å². The van der Waals surface area contributed by atoms with E-state index in [1.165, 1.54) is 6.07 Å². The molecule has 23 heavy (non-hydrogen) atoms. The van der Waals surface area contributed by atoms with Crippen LogP contribution in [0.5, 0.6) is 0 Å². The first kappa shape index (κ1) is 18.1. The summed E-state index contributed by atoms with van der Waals surface area (Å²) >= 11 is 0. The van der Waals surface area contributed by atoms with Gasteiger partial charge < -0.3 is 20.4 Å². The normalized spacial score (nSPS) is 20.1. The molecule has 4 nitrogen and oxygen atoms in total. The molecule has 1 aromatic carbocycles. The minimum atomic E-state index is -0.506. The molecule has 0 bridgehead atoms. The Hall–Kier alpha value is -1.21. The maximum atomic E-state index is 14.1. The summed E-state index contributed by atoms with van der Waals surface area (Å²) in [5.41, 5.74) is 7.01. The third-order valence-electron chi connectivity index (χ3n) is 4.57. The van der Waals surface area contributed by atoms with Gasteiger partial charge in [0, 0.05) is 18.7 Å². The fraction of sp³-hybridized carbons (Fsp3) is 0.529. The number of nitrogens with two attached hydrogens (primary N) is 1. The van der Waals surface area contributed by atoms with E-state index in [1.54, 1.807) is 18.2 Å². The number of hydrogen-bond acceptors (Lipinski definition) is 4. The smallest absolute Gasteiger partial charge is 0.400 e. The zero-order valence-electron chi connectivity index (χ0n) is 14.6. The van der Waals surface area contributed by atoms with Gasteiger partial charge in [0.05, 0.1) is 11.2 Å². The van der Waals surface area contributed by atoms with Crippen molar-refractivity contribution in [1.82, 2.24) is 5.32 Å². The lowest BCUT2D eigenvalue weighted by Crippen LogP contribution is -2.41. The van der Waals surface area contributed by atoms with Crippen molar-refractivity contribution in [2.45, 2.75) is 45.4 Å². The lowest BCUT2D eigenvalue weighted by Gasteiger charge is -2.32. The van der Waals surface area contributed by atoms with Gasteiger partial charge >= 0.3 is 7.12 Å². The molecule has 2 rings (SSSR count). The summed E-state index contributed by atoms with van der Waals surface area (Å²) in [6.45, 7) is 8.92. The highest BCUT2D eigenvalue weighted by Crippen LogP contribution is 2.38. The van der Waals surface area contributed by atoms with Gasteiger partial charge in [0.2, 0.25) is 0 Å². The first-order chi connectivity index (χ1) is 10.7. The average molecular weight is 320 g/mol. The molecule has 0 aromatic heterocycles. The summed E-state index contributed by atoms with van der Waals surface area (Å²) in [6.07, 6.45) is 1.78. The predicted molar refractivity (Wildman–Crippen MR) is 92.3 cm³/mol. The first-order valence-electron chi connectivity index (χ1n) is 7.89. The van der Waals surface area contributed by atoms with Crippen molar-refractivity contribution in [3.63, 3.8) is 0 Å². The molecule has 0 unspecified atom stereocenters. The van der Waals surface area contributed by atoms with Gasteiger partial charge in [-0.25, -0.2) is 4.39 Å². The van der Waals surface area contributed by atoms with E-state index < -0.39 is 18.3 Å². The molecular weight excluding hydrogens is 294 g/mol. The van der Waals surface area contributed by atoms with Crippen molar-refractivity contribution < 1.29 is 13.7 Å². The molecule has 1 aliphatic heterocycles. The Labute approximate surface area is 138 Å². The second-order valence-corrected chi connectivity index (χ2v) is 6.90. The van der Waals surface area contributed by atoms with Crippen LogP contribution in [0.1, 0.15) is 38.8 Å². The van der Waals surface area contributed by atoms with Crippen molar-refractivity contribution in [2.75, 3.05) is 13.6 Å². The van der Waals surface area contributed by atoms with Crippen LogP contribution in [0.2, 0.25) is 0 Å². The van der Waals surface area contributed by atoms with Gasteiger partial charge in [0.15, 0.2) is 0 Å². The van der Waals surface area contributed by atoms with E-state index in [2.05, 4.69) is 5.32 Å². The Balaban J connectivity index is 2.36. The van der Waals surface area contributed by atoms with Gasteiger partial charge in [-0.05, 0) is 57.9 Å². The zero-order valence-corrected chi connectivity index (χ0v) is 14.6. The minimum Gasteiger partial charge on any atom is -0.400 e. The highest BCUT2D eigenvalue weighted by atomic mass is 19.1. The van der Waals surface area contributed by atoms with Crippen LogP contribution in [0.3, 0.4) is 0 Å². The Kier molecular flexibility index (Phi) is 5.31. The van der Waals surface area contributed by atoms with Gasteiger partial charge in [-0.3, -0.25) is 0 Å². The molecule has 0 saturated carbocycles. The number of hydrogen-bond donors (Lipinski definition) is 2. The van der Waals surface area contributed by atoms with E-state index in [-0.39, 0.29) is 5.82 Å². The van der Waals surface area contributed by atoms with Gasteiger partial charge in [-0.15, -0.1) is 0 Å². The molecule has 0 aliphatic carbocycles. The summed E-state index contributed by atoms with van der Waals surface area (Å²) in [7, 11) is 1.33. The average Bonchev–Trinajstić information content (AvgIpc) is 2.69. The van der Waals surface area contributed by atoms with Crippen molar-refractivity contribution in [3.8, 4) is 0 Å². The monoisotopic (exact) mass is 320 g/mol. The summed E-state index contributed by atoms with van der Waals surface area (Å²) in [5, 5.41) is 3.09. The van der Waals surface area contributed by atoms with E-state index in [9.17, 15) is 4.39 Å². The third kappa shape index (κ3) is 3.83. The lowest BCUT2D eigenvalue weighted by molar-refractivity contribution is 0.00578. The van der Waals surface area contributed by atoms with Gasteiger partial charge in [0.1, 0.15) is 5.82 Å². The topological polar surface area (TPSA) is 56.5 Å². The fourth-order valence-electron chi connectivity index (χ4n) is 2.43. The van der Waals surface area contributed by atoms with Gasteiger partial charge in [0.25, 0.3) is 0 Å². The molecule has 0 atom stereocenters. The number of benzene rings is 1. The third-order valence-corrected chi connectivity index (χ3v) is 4.57. The maximum absolute atomic E-state index is 14.1. The number of rotatable bonds is 5. The van der Waals surface area contributed by atoms with E-state index in [1.807, 2.05) is 34.7 Å². The lowest BCUT2D eigenvalue weighted by atomic mass is 9.77. The van der Waals surface area contributed by atoms with Crippen LogP contribution in [0, 0.1) is 5.82 Å². The number of halogens is 1. The van der Waals surface area contributed by atoms with Crippen LogP contribution in [0.15, 0.2) is 23.7 Å². The second kappa shape index (κ2) is 6.73. The van der Waals surface area contributed by atoms with Gasteiger partial charge in [-0.2, -0.15) is 0 Å². The largest absolute Gasteiger partial charge is 0.491 e. The molecule has 1 aromatic rings. The van der Waals surface area contributed by atoms with Crippen molar-refractivity contribution >= 4 is 13.2 Å². The molecule has 1 fully saturated rings. The van der Waals surface area contributed by atoms with Crippen LogP contribution in [0.25, 0.3) is 6.08 Å². The Morgan fingerprint density at radius 3 is 2.39 bits per heavy atom. The van der Waals surface area contributed by atoms with Crippen molar-refractivity contribution in [3.05, 3.63) is 40.6 Å². The van der Waals surface area contributed by atoms with Crippen molar-refractivity contribution in [2.24, 2.45) is 5.73 Å². The summed E-state index contributed by atoms with van der Waals surface area (Å²) in [4.78, 5) is 0. The van der Waals surface area contributed by atoms with E-state index in [4.69, 9.17) is 15.0 Å². The molecule has 1 heterocycles. The molecule has 6 heteroatoms. The Morgan fingerprint density at radius 2 is 1.87 bits per heavy atom. The van der Waals surface area contributed by atoms with E-state index in [0.717, 1.165) is 11.0 Å². The zero-order chi connectivity index (χ0) is 17.3. The fourth-order valence-corrected chi connectivity index (χ4v) is 2.43. The Bertz CT molecular complexity index is 586. The molecule has 0 amide bonds. The summed E-state index contributed by atoms with van der Waals surface area (Å²) in [5.74, 6) is -0.285. The maximum Gasteiger partial charge on any atom is 0.491 e. The number of likely N-dealkylation sites (N-methyl/N-ethyl adjacent to an activating group) is 1. The quantitative estimate of drug-likeness (QED) is 0.819. The van der Waals surface area contributed by atoms with E-state index >= 15 is 0 Å². The van der Waals surface area contributed by atoms with Crippen molar-refractivity contribution in [1.29, 1.82) is 0 Å². The highest BCUT2D eigenvalue weighted by molar-refractivity contribution is 6.55. The molecule has 1 saturated heterocycles. The second-order valence-electron chi connectivity index (χ2n) is 6.90. The minimum absolute atomic E-state index is 0.285. The summed E-state index contributed by atoms with van der Waals surface area (Å²) < 4.78 is 26.2. The van der Waals surface area contributed by atoms with Crippen LogP contribution in [0.4, 0.5) is 4.39 Å². The molecule has 0 radical (unpaired) electrons. The molecule has 3 N–H and O–H groups in total. The van der Waals surface area contributed by atoms with Gasteiger partial charge in [-0.1, -0.05) is 12.1 Å².